The molecule has 0 saturated carbocycles. The highest BCUT2D eigenvalue weighted by molar-refractivity contribution is 7.17. The van der Waals surface area contributed by atoms with Gasteiger partial charge in [-0.3, -0.25) is 4.79 Å². The molecule has 2 N–H and O–H groups in total. The molecule has 0 aromatic carbocycles. The summed E-state index contributed by atoms with van der Waals surface area (Å²) in [6.45, 7) is 2.85. The minimum absolute atomic E-state index is 0.119. The maximum absolute atomic E-state index is 12.3. The Morgan fingerprint density at radius 1 is 1.32 bits per heavy atom. The van der Waals surface area contributed by atoms with Gasteiger partial charge >= 0.3 is 0 Å². The molecule has 3 rings (SSSR count). The molecule has 3 heterocycles. The van der Waals surface area contributed by atoms with Gasteiger partial charge in [0.05, 0.1) is 11.3 Å². The number of nitriles is 1. The summed E-state index contributed by atoms with van der Waals surface area (Å²) in [5, 5.41) is 19.6. The summed E-state index contributed by atoms with van der Waals surface area (Å²) in [5.74, 6) is 0.549. The lowest BCUT2D eigenvalue weighted by Gasteiger charge is -2.06. The summed E-state index contributed by atoms with van der Waals surface area (Å²) in [6.07, 6.45) is 1.51. The van der Waals surface area contributed by atoms with Crippen molar-refractivity contribution in [3.63, 3.8) is 0 Å². The molecule has 0 spiro atoms. The SMILES string of the molecule is Cc1nc(-c2ccsc2)sc1C(=O)NCCNc1ccc(C#N)cn1. The second kappa shape index (κ2) is 7.88. The molecule has 0 aliphatic carbocycles. The Kier molecular flexibility index (Phi) is 5.38. The molecule has 0 radical (unpaired) electrons. The molecule has 6 nitrogen and oxygen atoms in total. The van der Waals surface area contributed by atoms with Gasteiger partial charge in [-0.2, -0.15) is 16.6 Å². The number of nitrogens with one attached hydrogen (secondary N) is 2. The predicted octanol–water partition coefficient (Wildman–Crippen LogP) is 3.29. The molecule has 0 saturated heterocycles. The van der Waals surface area contributed by atoms with E-state index in [9.17, 15) is 4.79 Å². The summed E-state index contributed by atoms with van der Waals surface area (Å²) in [4.78, 5) is 21.6. The number of hydrogen-bond acceptors (Lipinski definition) is 7. The number of anilines is 1. The van der Waals surface area contributed by atoms with Crippen LogP contribution in [0.1, 0.15) is 20.9 Å². The highest BCUT2D eigenvalue weighted by atomic mass is 32.1. The Hall–Kier alpha value is -2.76. The fourth-order valence-electron chi connectivity index (χ4n) is 2.13. The Bertz CT molecular complexity index is 894. The lowest BCUT2D eigenvalue weighted by Crippen LogP contribution is -2.28. The van der Waals surface area contributed by atoms with E-state index in [1.54, 1.807) is 23.5 Å². The highest BCUT2D eigenvalue weighted by Crippen LogP contribution is 2.29. The zero-order valence-electron chi connectivity index (χ0n) is 13.4. The second-order valence-electron chi connectivity index (χ2n) is 5.17. The minimum Gasteiger partial charge on any atom is -0.368 e. The first-order valence-corrected chi connectivity index (χ1v) is 9.31. The third kappa shape index (κ3) is 4.21. The second-order valence-corrected chi connectivity index (χ2v) is 6.95. The number of nitrogens with zero attached hydrogens (tertiary/aromatic N) is 3. The first-order valence-electron chi connectivity index (χ1n) is 7.55. The fraction of sp³-hybridized carbons (Fsp3) is 0.176. The van der Waals surface area contributed by atoms with E-state index in [4.69, 9.17) is 5.26 Å². The summed E-state index contributed by atoms with van der Waals surface area (Å²) in [5.41, 5.74) is 2.30. The van der Waals surface area contributed by atoms with Gasteiger partial charge in [-0.1, -0.05) is 0 Å². The van der Waals surface area contributed by atoms with E-state index in [0.29, 0.717) is 29.3 Å². The molecular weight excluding hydrogens is 354 g/mol. The van der Waals surface area contributed by atoms with E-state index >= 15 is 0 Å². The van der Waals surface area contributed by atoms with Crippen molar-refractivity contribution in [2.45, 2.75) is 6.92 Å². The topological polar surface area (TPSA) is 90.7 Å². The van der Waals surface area contributed by atoms with Crippen molar-refractivity contribution in [1.29, 1.82) is 5.26 Å². The van der Waals surface area contributed by atoms with Gasteiger partial charge in [-0.15, -0.1) is 11.3 Å². The quantitative estimate of drug-likeness (QED) is 0.651. The van der Waals surface area contributed by atoms with Crippen molar-refractivity contribution in [1.82, 2.24) is 15.3 Å². The van der Waals surface area contributed by atoms with Crippen molar-refractivity contribution in [2.75, 3.05) is 18.4 Å². The Labute approximate surface area is 153 Å². The molecule has 0 unspecified atom stereocenters. The number of aryl methyl sites for hydroxylation is 1. The number of carbonyl (C=O) groups excluding carboxylic acids is 1. The molecule has 3 aromatic heterocycles. The van der Waals surface area contributed by atoms with E-state index in [2.05, 4.69) is 20.6 Å². The van der Waals surface area contributed by atoms with Crippen LogP contribution in [0.4, 0.5) is 5.82 Å². The van der Waals surface area contributed by atoms with Gasteiger partial charge in [0.15, 0.2) is 0 Å². The predicted molar refractivity (Wildman–Crippen MR) is 99.9 cm³/mol. The van der Waals surface area contributed by atoms with Gasteiger partial charge in [-0.05, 0) is 30.5 Å². The van der Waals surface area contributed by atoms with Crippen molar-refractivity contribution >= 4 is 34.4 Å². The molecule has 1 amide bonds. The molecule has 0 atom stereocenters. The number of aromatic nitrogens is 2. The van der Waals surface area contributed by atoms with E-state index in [1.807, 2.05) is 29.8 Å². The van der Waals surface area contributed by atoms with Gasteiger partial charge in [0.2, 0.25) is 0 Å². The van der Waals surface area contributed by atoms with Gasteiger partial charge < -0.3 is 10.6 Å². The monoisotopic (exact) mass is 369 g/mol. The fourth-order valence-corrected chi connectivity index (χ4v) is 3.82. The summed E-state index contributed by atoms with van der Waals surface area (Å²) in [6, 6.07) is 7.45. The number of pyridine rings is 1. The van der Waals surface area contributed by atoms with Crippen LogP contribution in [0.15, 0.2) is 35.2 Å². The van der Waals surface area contributed by atoms with Crippen LogP contribution in [0.3, 0.4) is 0 Å². The molecule has 25 heavy (non-hydrogen) atoms. The summed E-state index contributed by atoms with van der Waals surface area (Å²) in [7, 11) is 0. The molecule has 126 valence electrons. The molecule has 0 aliphatic heterocycles. The van der Waals surface area contributed by atoms with Crippen LogP contribution < -0.4 is 10.6 Å². The largest absolute Gasteiger partial charge is 0.368 e. The van der Waals surface area contributed by atoms with E-state index in [1.165, 1.54) is 17.5 Å². The molecule has 3 aromatic rings. The average molecular weight is 369 g/mol. The maximum Gasteiger partial charge on any atom is 0.263 e. The zero-order valence-corrected chi connectivity index (χ0v) is 15.1. The standard InChI is InChI=1S/C17H15N5OS2/c1-11-15(25-17(22-11)13-4-7-24-10-13)16(23)20-6-5-19-14-3-2-12(8-18)9-21-14/h2-4,7,9-10H,5-6H2,1H3,(H,19,21)(H,20,23). The van der Waals surface area contributed by atoms with Crippen LogP contribution in [0.25, 0.3) is 10.6 Å². The Morgan fingerprint density at radius 3 is 2.88 bits per heavy atom. The molecule has 8 heteroatoms. The van der Waals surface area contributed by atoms with Crippen molar-refractivity contribution in [3.05, 3.63) is 51.3 Å². The molecule has 0 bridgehead atoms. The van der Waals surface area contributed by atoms with Crippen LogP contribution >= 0.6 is 22.7 Å². The molecule has 0 fully saturated rings. The Balaban J connectivity index is 1.52. The number of amides is 1. The van der Waals surface area contributed by atoms with Crippen LogP contribution in [0.2, 0.25) is 0 Å². The normalized spacial score (nSPS) is 10.2. The number of hydrogen-bond donors (Lipinski definition) is 2. The number of thiophene rings is 1. The van der Waals surface area contributed by atoms with Crippen LogP contribution in [0.5, 0.6) is 0 Å². The van der Waals surface area contributed by atoms with Gasteiger partial charge in [0.1, 0.15) is 21.8 Å². The lowest BCUT2D eigenvalue weighted by molar-refractivity contribution is 0.0958. The van der Waals surface area contributed by atoms with E-state index in [0.717, 1.165) is 16.3 Å². The van der Waals surface area contributed by atoms with Gasteiger partial charge in [0, 0.05) is 30.2 Å². The van der Waals surface area contributed by atoms with E-state index < -0.39 is 0 Å². The summed E-state index contributed by atoms with van der Waals surface area (Å²) < 4.78 is 0. The number of thiazole rings is 1. The number of rotatable bonds is 6. The third-order valence-electron chi connectivity index (χ3n) is 3.38. The van der Waals surface area contributed by atoms with Crippen LogP contribution in [-0.2, 0) is 0 Å². The van der Waals surface area contributed by atoms with Crippen molar-refractivity contribution in [2.24, 2.45) is 0 Å². The van der Waals surface area contributed by atoms with Crippen molar-refractivity contribution in [3.8, 4) is 16.6 Å². The van der Waals surface area contributed by atoms with Gasteiger partial charge in [0.25, 0.3) is 5.91 Å². The first kappa shape index (κ1) is 17.1. The highest BCUT2D eigenvalue weighted by Gasteiger charge is 2.15. The van der Waals surface area contributed by atoms with Crippen LogP contribution in [-0.4, -0.2) is 29.0 Å². The number of carbonyl (C=O) groups is 1. The first-order chi connectivity index (χ1) is 12.2. The zero-order chi connectivity index (χ0) is 17.6. The molecule has 0 aliphatic rings. The smallest absolute Gasteiger partial charge is 0.263 e. The van der Waals surface area contributed by atoms with E-state index in [-0.39, 0.29) is 5.91 Å². The minimum atomic E-state index is -0.119. The van der Waals surface area contributed by atoms with Gasteiger partial charge in [-0.25, -0.2) is 9.97 Å². The summed E-state index contributed by atoms with van der Waals surface area (Å²) >= 11 is 3.01. The third-order valence-corrected chi connectivity index (χ3v) is 5.27. The van der Waals surface area contributed by atoms with Crippen molar-refractivity contribution < 1.29 is 4.79 Å². The molecular formula is C17H15N5OS2. The maximum atomic E-state index is 12.3. The Morgan fingerprint density at radius 2 is 2.20 bits per heavy atom. The van der Waals surface area contributed by atoms with Crippen LogP contribution in [0, 0.1) is 18.3 Å². The lowest BCUT2D eigenvalue weighted by atomic mass is 10.3. The average Bonchev–Trinajstić information content (AvgIpc) is 3.28.